The molecule has 210 valence electrons. The third-order valence-corrected chi connectivity index (χ3v) is 10.2. The number of pyridine rings is 1. The van der Waals surface area contributed by atoms with Crippen molar-refractivity contribution in [2.24, 2.45) is 5.92 Å². The van der Waals surface area contributed by atoms with Crippen LogP contribution < -0.4 is 11.1 Å². The fourth-order valence-electron chi connectivity index (χ4n) is 7.48. The molecular formula is C31H40F2N4O2. The zero-order chi connectivity index (χ0) is 27.4. The van der Waals surface area contributed by atoms with Gasteiger partial charge in [0, 0.05) is 55.2 Å². The van der Waals surface area contributed by atoms with E-state index < -0.39 is 11.5 Å². The van der Waals surface area contributed by atoms with Gasteiger partial charge in [0.1, 0.15) is 5.82 Å². The van der Waals surface area contributed by atoms with Gasteiger partial charge in [-0.1, -0.05) is 24.3 Å². The van der Waals surface area contributed by atoms with Crippen LogP contribution >= 0.6 is 0 Å². The second-order valence-electron chi connectivity index (χ2n) is 12.9. The SMILES string of the molecule is C[C@]1(O)CC[C@H](NC(=O)c2cc(-c3ccc([C@@]45CC[C@@H]4CN(C4CCC(F)(F)CC4)C5)cc3)cnc2N)CC1. The third-order valence-electron chi connectivity index (χ3n) is 10.2. The van der Waals surface area contributed by atoms with Crippen molar-refractivity contribution in [1.82, 2.24) is 15.2 Å². The van der Waals surface area contributed by atoms with Gasteiger partial charge in [-0.25, -0.2) is 13.8 Å². The highest BCUT2D eigenvalue weighted by molar-refractivity contribution is 5.99. The van der Waals surface area contributed by atoms with Crippen molar-refractivity contribution < 1.29 is 18.7 Å². The number of amides is 1. The Hall–Kier alpha value is -2.58. The molecule has 0 unspecified atom stereocenters. The first-order valence-corrected chi connectivity index (χ1v) is 14.6. The first-order valence-electron chi connectivity index (χ1n) is 14.6. The maximum atomic E-state index is 13.7. The van der Waals surface area contributed by atoms with E-state index in [2.05, 4.69) is 39.5 Å². The zero-order valence-corrected chi connectivity index (χ0v) is 22.8. The molecule has 2 aromatic rings. The topological polar surface area (TPSA) is 91.5 Å². The second kappa shape index (κ2) is 9.81. The van der Waals surface area contributed by atoms with Crippen molar-refractivity contribution in [3.63, 3.8) is 0 Å². The van der Waals surface area contributed by atoms with Crippen LogP contribution in [-0.4, -0.2) is 57.6 Å². The lowest BCUT2D eigenvalue weighted by Crippen LogP contribution is -2.44. The summed E-state index contributed by atoms with van der Waals surface area (Å²) in [7, 11) is 0. The van der Waals surface area contributed by atoms with Crippen LogP contribution in [0.25, 0.3) is 11.1 Å². The van der Waals surface area contributed by atoms with Gasteiger partial charge in [-0.2, -0.15) is 0 Å². The number of anilines is 1. The molecule has 8 heteroatoms. The molecule has 2 atom stereocenters. The number of nitrogens with two attached hydrogens (primary N) is 1. The number of nitrogens with one attached hydrogen (secondary N) is 1. The Kier molecular flexibility index (Phi) is 6.70. The van der Waals surface area contributed by atoms with Crippen LogP contribution in [0, 0.1) is 5.92 Å². The number of fused-ring (bicyclic) bond motifs is 1. The van der Waals surface area contributed by atoms with E-state index in [1.54, 1.807) is 6.20 Å². The number of carbonyl (C=O) groups excluding carboxylic acids is 1. The maximum Gasteiger partial charge on any atom is 0.255 e. The Balaban J connectivity index is 1.14. The molecule has 3 saturated carbocycles. The lowest BCUT2D eigenvalue weighted by Gasteiger charge is -2.45. The summed E-state index contributed by atoms with van der Waals surface area (Å²) in [5, 5.41) is 13.3. The molecule has 0 spiro atoms. The Morgan fingerprint density at radius 1 is 1.03 bits per heavy atom. The summed E-state index contributed by atoms with van der Waals surface area (Å²) < 4.78 is 27.4. The summed E-state index contributed by atoms with van der Waals surface area (Å²) in [5.41, 5.74) is 9.07. The van der Waals surface area contributed by atoms with Crippen LogP contribution in [0.5, 0.6) is 0 Å². The van der Waals surface area contributed by atoms with Crippen LogP contribution in [0.2, 0.25) is 0 Å². The fraction of sp³-hybridized carbons (Fsp3) is 0.613. The first kappa shape index (κ1) is 26.6. The molecular weight excluding hydrogens is 498 g/mol. The minimum atomic E-state index is -2.49. The standard InChI is InChI=1S/C31H40F2N4O2/c1-29(39)11-7-24(8-12-29)36-28(38)26-16-21(17-35-27(26)34)20-2-4-22(5-3-20)30-13-6-23(30)18-37(19-30)25-9-14-31(32,33)15-10-25/h2-5,16-17,23-25,39H,6-15,18-19H2,1H3,(H2,34,35)(H,36,38)/t23-,24-,29-,30+/m1/s1. The molecule has 1 saturated heterocycles. The number of rotatable bonds is 5. The number of hydrogen-bond donors (Lipinski definition) is 3. The van der Waals surface area contributed by atoms with Gasteiger partial charge >= 0.3 is 0 Å². The smallest absolute Gasteiger partial charge is 0.255 e. The number of likely N-dealkylation sites (tertiary alicyclic amines) is 1. The molecule has 1 aliphatic heterocycles. The summed E-state index contributed by atoms with van der Waals surface area (Å²) in [4.78, 5) is 19.9. The molecule has 1 aromatic carbocycles. The van der Waals surface area contributed by atoms with Crippen LogP contribution in [0.15, 0.2) is 36.5 Å². The van der Waals surface area contributed by atoms with Gasteiger partial charge in [-0.3, -0.25) is 9.69 Å². The summed E-state index contributed by atoms with van der Waals surface area (Å²) in [6.45, 7) is 3.81. The molecule has 4 aliphatic rings. The highest BCUT2D eigenvalue weighted by atomic mass is 19.3. The molecule has 6 nitrogen and oxygen atoms in total. The molecule has 4 N–H and O–H groups in total. The van der Waals surface area contributed by atoms with Gasteiger partial charge in [0.15, 0.2) is 0 Å². The second-order valence-corrected chi connectivity index (χ2v) is 12.9. The fourth-order valence-corrected chi connectivity index (χ4v) is 7.48. The number of aromatic nitrogens is 1. The zero-order valence-electron chi connectivity index (χ0n) is 22.8. The number of nitrogen functional groups attached to an aromatic ring is 1. The maximum absolute atomic E-state index is 13.7. The van der Waals surface area contributed by atoms with Crippen LogP contribution in [0.3, 0.4) is 0 Å². The van der Waals surface area contributed by atoms with Gasteiger partial charge in [0.25, 0.3) is 5.91 Å². The highest BCUT2D eigenvalue weighted by Crippen LogP contribution is 2.55. The molecule has 3 aliphatic carbocycles. The van der Waals surface area contributed by atoms with Crippen molar-refractivity contribution in [3.05, 3.63) is 47.7 Å². The number of halogens is 2. The normalized spacial score (nSPS) is 32.8. The predicted octanol–water partition coefficient (Wildman–Crippen LogP) is 5.30. The van der Waals surface area contributed by atoms with E-state index in [1.807, 2.05) is 13.0 Å². The number of aliphatic hydroxyl groups is 1. The summed E-state index contributed by atoms with van der Waals surface area (Å²) in [6, 6.07) is 10.7. The highest BCUT2D eigenvalue weighted by Gasteiger charge is 2.55. The van der Waals surface area contributed by atoms with Crippen molar-refractivity contribution in [2.45, 2.75) is 100 Å². The number of alkyl halides is 2. The van der Waals surface area contributed by atoms with Crippen molar-refractivity contribution in [2.75, 3.05) is 18.8 Å². The van der Waals surface area contributed by atoms with E-state index in [0.717, 1.165) is 43.5 Å². The summed E-state index contributed by atoms with van der Waals surface area (Å²) in [5.74, 6) is -1.92. The van der Waals surface area contributed by atoms with Crippen molar-refractivity contribution in [3.8, 4) is 11.1 Å². The van der Waals surface area contributed by atoms with E-state index >= 15 is 0 Å². The average molecular weight is 539 g/mol. The van der Waals surface area contributed by atoms with E-state index in [4.69, 9.17) is 5.73 Å². The van der Waals surface area contributed by atoms with Gasteiger partial charge in [-0.15, -0.1) is 0 Å². The number of hydrogen-bond acceptors (Lipinski definition) is 5. The molecule has 6 rings (SSSR count). The molecule has 39 heavy (non-hydrogen) atoms. The Labute approximate surface area is 229 Å². The van der Waals surface area contributed by atoms with Gasteiger partial charge < -0.3 is 16.2 Å². The van der Waals surface area contributed by atoms with Crippen LogP contribution in [0.1, 0.15) is 87.1 Å². The molecule has 2 heterocycles. The number of nitrogens with zero attached hydrogens (tertiary/aromatic N) is 2. The Morgan fingerprint density at radius 3 is 2.36 bits per heavy atom. The number of benzene rings is 1. The first-order chi connectivity index (χ1) is 18.5. The van der Waals surface area contributed by atoms with Crippen molar-refractivity contribution >= 4 is 11.7 Å². The quantitative estimate of drug-likeness (QED) is 0.481. The molecule has 4 fully saturated rings. The third kappa shape index (κ3) is 5.18. The van der Waals surface area contributed by atoms with Crippen molar-refractivity contribution in [1.29, 1.82) is 0 Å². The monoisotopic (exact) mass is 538 g/mol. The predicted molar refractivity (Wildman–Crippen MR) is 148 cm³/mol. The largest absolute Gasteiger partial charge is 0.390 e. The van der Waals surface area contributed by atoms with E-state index in [0.29, 0.717) is 37.2 Å². The minimum absolute atomic E-state index is 0.0128. The molecule has 0 radical (unpaired) electrons. The van der Waals surface area contributed by atoms with E-state index in [1.165, 1.54) is 12.0 Å². The Bertz CT molecular complexity index is 1210. The number of carbonyl (C=O) groups is 1. The van der Waals surface area contributed by atoms with Gasteiger partial charge in [-0.05, 0) is 81.4 Å². The minimum Gasteiger partial charge on any atom is -0.390 e. The van der Waals surface area contributed by atoms with E-state index in [9.17, 15) is 18.7 Å². The lowest BCUT2D eigenvalue weighted by molar-refractivity contribution is -0.0519. The molecule has 1 aromatic heterocycles. The Morgan fingerprint density at radius 2 is 1.72 bits per heavy atom. The average Bonchev–Trinajstić information content (AvgIpc) is 3.16. The summed E-state index contributed by atoms with van der Waals surface area (Å²) >= 11 is 0. The van der Waals surface area contributed by atoms with Gasteiger partial charge in [0.2, 0.25) is 5.92 Å². The lowest BCUT2D eigenvalue weighted by atomic mass is 9.58. The molecule has 0 bridgehead atoms. The van der Waals surface area contributed by atoms with Gasteiger partial charge in [0.05, 0.1) is 11.2 Å². The van der Waals surface area contributed by atoms with E-state index in [-0.39, 0.29) is 42.1 Å². The van der Waals surface area contributed by atoms with Crippen LogP contribution in [0.4, 0.5) is 14.6 Å². The van der Waals surface area contributed by atoms with Crippen LogP contribution in [-0.2, 0) is 5.41 Å². The summed E-state index contributed by atoms with van der Waals surface area (Å²) in [6.07, 6.45) is 8.05. The molecule has 1 amide bonds.